The van der Waals surface area contributed by atoms with Crippen LogP contribution in [0.2, 0.25) is 0 Å². The molecule has 3 heterocycles. The maximum absolute atomic E-state index is 6.25. The average molecular weight is 603 g/mol. The second kappa shape index (κ2) is 10.1. The first-order valence-electron chi connectivity index (χ1n) is 15.8. The summed E-state index contributed by atoms with van der Waals surface area (Å²) in [5.41, 5.74) is 12.3. The van der Waals surface area contributed by atoms with Gasteiger partial charge in [-0.1, -0.05) is 103 Å². The van der Waals surface area contributed by atoms with E-state index < -0.39 is 0 Å². The lowest BCUT2D eigenvalue weighted by Gasteiger charge is -2.11. The highest BCUT2D eigenvalue weighted by Crippen LogP contribution is 2.38. The Kier molecular flexibility index (Phi) is 5.54. The molecule has 0 aliphatic heterocycles. The smallest absolute Gasteiger partial charge is 0.145 e. The third-order valence-corrected chi connectivity index (χ3v) is 9.24. The lowest BCUT2D eigenvalue weighted by Crippen LogP contribution is -1.97. The van der Waals surface area contributed by atoms with E-state index in [0.29, 0.717) is 0 Å². The standard InChI is InChI=1S/C43H26N2O2/c1-2-8-30(9-3-1)43-44-37-11-5-6-12-38(37)45(43)32-21-18-28(19-22-32)27-14-16-29(17-15-27)31-20-23-40-34(24-31)36-25-35-33-10-4-7-13-39(33)46-41(35)26-42(36)47-40/h1-26H. The maximum Gasteiger partial charge on any atom is 0.145 e. The van der Waals surface area contributed by atoms with E-state index in [9.17, 15) is 0 Å². The molecular formula is C43H26N2O2. The first-order valence-corrected chi connectivity index (χ1v) is 15.8. The summed E-state index contributed by atoms with van der Waals surface area (Å²) in [6.45, 7) is 0. The van der Waals surface area contributed by atoms with Crippen LogP contribution in [-0.4, -0.2) is 9.55 Å². The Morgan fingerprint density at radius 3 is 1.74 bits per heavy atom. The van der Waals surface area contributed by atoms with Crippen LogP contribution in [-0.2, 0) is 0 Å². The molecule has 4 heteroatoms. The zero-order chi connectivity index (χ0) is 30.9. The van der Waals surface area contributed by atoms with Crippen molar-refractivity contribution in [3.8, 4) is 39.3 Å². The number of furan rings is 2. The molecule has 10 aromatic rings. The highest BCUT2D eigenvalue weighted by Gasteiger charge is 2.16. The molecule has 10 rings (SSSR count). The summed E-state index contributed by atoms with van der Waals surface area (Å²) in [7, 11) is 0. The fourth-order valence-corrected chi connectivity index (χ4v) is 6.90. The van der Waals surface area contributed by atoms with Gasteiger partial charge in [0.2, 0.25) is 0 Å². The number of aromatic nitrogens is 2. The van der Waals surface area contributed by atoms with Crippen molar-refractivity contribution in [3.63, 3.8) is 0 Å². The second-order valence-electron chi connectivity index (χ2n) is 12.0. The predicted molar refractivity (Wildman–Crippen MR) is 192 cm³/mol. The first-order chi connectivity index (χ1) is 23.3. The van der Waals surface area contributed by atoms with Gasteiger partial charge in [0.1, 0.15) is 28.2 Å². The topological polar surface area (TPSA) is 44.1 Å². The van der Waals surface area contributed by atoms with Gasteiger partial charge >= 0.3 is 0 Å². The van der Waals surface area contributed by atoms with Gasteiger partial charge in [0.05, 0.1) is 11.0 Å². The minimum Gasteiger partial charge on any atom is -0.456 e. The molecule has 3 aromatic heterocycles. The summed E-state index contributed by atoms with van der Waals surface area (Å²) >= 11 is 0. The van der Waals surface area contributed by atoms with Crippen LogP contribution in [0.4, 0.5) is 0 Å². The van der Waals surface area contributed by atoms with Crippen LogP contribution >= 0.6 is 0 Å². The third-order valence-electron chi connectivity index (χ3n) is 9.24. The zero-order valence-corrected chi connectivity index (χ0v) is 25.2. The van der Waals surface area contributed by atoms with E-state index in [-0.39, 0.29) is 0 Å². The number of fused-ring (bicyclic) bond motifs is 7. The fraction of sp³-hybridized carbons (Fsp3) is 0. The summed E-state index contributed by atoms with van der Waals surface area (Å²) in [6.07, 6.45) is 0. The van der Waals surface area contributed by atoms with Gasteiger partial charge in [0.25, 0.3) is 0 Å². The predicted octanol–water partition coefficient (Wildman–Crippen LogP) is 11.8. The summed E-state index contributed by atoms with van der Waals surface area (Å²) in [5.74, 6) is 0.939. The van der Waals surface area contributed by atoms with Crippen molar-refractivity contribution in [2.45, 2.75) is 0 Å². The van der Waals surface area contributed by atoms with Crippen LogP contribution in [0.15, 0.2) is 167 Å². The molecule has 0 aliphatic carbocycles. The maximum atomic E-state index is 6.25. The molecule has 7 aromatic carbocycles. The molecule has 0 spiro atoms. The van der Waals surface area contributed by atoms with Gasteiger partial charge in [-0.2, -0.15) is 0 Å². The van der Waals surface area contributed by atoms with Crippen molar-refractivity contribution in [2.24, 2.45) is 0 Å². The monoisotopic (exact) mass is 602 g/mol. The molecule has 0 fully saturated rings. The minimum absolute atomic E-state index is 0.835. The highest BCUT2D eigenvalue weighted by atomic mass is 16.3. The summed E-state index contributed by atoms with van der Waals surface area (Å²) < 4.78 is 14.6. The Morgan fingerprint density at radius 1 is 0.383 bits per heavy atom. The average Bonchev–Trinajstić information content (AvgIpc) is 3.82. The van der Waals surface area contributed by atoms with Gasteiger partial charge < -0.3 is 8.83 Å². The van der Waals surface area contributed by atoms with Gasteiger partial charge in [0.15, 0.2) is 0 Å². The number of para-hydroxylation sites is 3. The SMILES string of the molecule is c1ccc(-c2nc3ccccc3n2-c2ccc(-c3ccc(-c4ccc5oc6cc7oc8ccccc8c7cc6c5c4)cc3)cc2)cc1. The Morgan fingerprint density at radius 2 is 0.957 bits per heavy atom. The van der Waals surface area contributed by atoms with Crippen molar-refractivity contribution in [1.82, 2.24) is 9.55 Å². The van der Waals surface area contributed by atoms with Crippen LogP contribution < -0.4 is 0 Å². The van der Waals surface area contributed by atoms with E-state index >= 15 is 0 Å². The van der Waals surface area contributed by atoms with E-state index in [1.54, 1.807) is 0 Å². The molecule has 47 heavy (non-hydrogen) atoms. The van der Waals surface area contributed by atoms with Crippen LogP contribution in [0.25, 0.3) is 94.2 Å². The molecule has 220 valence electrons. The number of benzene rings is 7. The Balaban J connectivity index is 0.993. The number of hydrogen-bond donors (Lipinski definition) is 0. The zero-order valence-electron chi connectivity index (χ0n) is 25.2. The lowest BCUT2D eigenvalue weighted by molar-refractivity contribution is 0.656. The minimum atomic E-state index is 0.835. The molecule has 0 aliphatic rings. The Hall–Kier alpha value is -6.39. The van der Waals surface area contributed by atoms with Crippen LogP contribution in [0.1, 0.15) is 0 Å². The lowest BCUT2D eigenvalue weighted by atomic mass is 9.98. The van der Waals surface area contributed by atoms with Crippen molar-refractivity contribution in [2.75, 3.05) is 0 Å². The summed E-state index contributed by atoms with van der Waals surface area (Å²) in [6, 6.07) is 55.1. The van der Waals surface area contributed by atoms with Gasteiger partial charge in [-0.05, 0) is 70.8 Å². The molecule has 0 amide bonds. The summed E-state index contributed by atoms with van der Waals surface area (Å²) in [5, 5.41) is 4.42. The third kappa shape index (κ3) is 4.12. The van der Waals surface area contributed by atoms with Crippen molar-refractivity contribution >= 4 is 54.9 Å². The number of imidazole rings is 1. The molecule has 0 saturated carbocycles. The molecule has 0 radical (unpaired) electrons. The van der Waals surface area contributed by atoms with E-state index in [4.69, 9.17) is 13.8 Å². The van der Waals surface area contributed by atoms with Crippen molar-refractivity contribution < 1.29 is 8.83 Å². The van der Waals surface area contributed by atoms with Crippen LogP contribution in [0.5, 0.6) is 0 Å². The number of hydrogen-bond acceptors (Lipinski definition) is 3. The first kappa shape index (κ1) is 25.9. The van der Waals surface area contributed by atoms with E-state index in [2.05, 4.69) is 126 Å². The quantitative estimate of drug-likeness (QED) is 0.201. The van der Waals surface area contributed by atoms with Crippen LogP contribution in [0.3, 0.4) is 0 Å². The molecule has 0 saturated heterocycles. The normalized spacial score (nSPS) is 11.8. The van der Waals surface area contributed by atoms with Gasteiger partial charge in [0, 0.05) is 38.9 Å². The van der Waals surface area contributed by atoms with Crippen LogP contribution in [0, 0.1) is 0 Å². The molecule has 0 unspecified atom stereocenters. The number of nitrogens with zero attached hydrogens (tertiary/aromatic N) is 2. The fourth-order valence-electron chi connectivity index (χ4n) is 6.90. The molecule has 0 atom stereocenters. The molecule has 0 N–H and O–H groups in total. The Bertz CT molecular complexity index is 2770. The summed E-state index contributed by atoms with van der Waals surface area (Å²) in [4.78, 5) is 4.99. The molecule has 4 nitrogen and oxygen atoms in total. The van der Waals surface area contributed by atoms with E-state index in [1.165, 1.54) is 11.1 Å². The Labute approximate surface area is 269 Å². The molecule has 0 bridgehead atoms. The van der Waals surface area contributed by atoms with Gasteiger partial charge in [-0.25, -0.2) is 4.98 Å². The van der Waals surface area contributed by atoms with E-state index in [1.807, 2.05) is 36.4 Å². The van der Waals surface area contributed by atoms with Crippen molar-refractivity contribution in [3.05, 3.63) is 158 Å². The van der Waals surface area contributed by atoms with Gasteiger partial charge in [-0.3, -0.25) is 4.57 Å². The van der Waals surface area contributed by atoms with E-state index in [0.717, 1.165) is 83.1 Å². The van der Waals surface area contributed by atoms with Gasteiger partial charge in [-0.15, -0.1) is 0 Å². The highest BCUT2D eigenvalue weighted by molar-refractivity contribution is 6.15. The largest absolute Gasteiger partial charge is 0.456 e. The van der Waals surface area contributed by atoms with Crippen molar-refractivity contribution in [1.29, 1.82) is 0 Å². The second-order valence-corrected chi connectivity index (χ2v) is 12.0. The number of rotatable bonds is 4. The molecular weight excluding hydrogens is 576 g/mol.